The van der Waals surface area contributed by atoms with Crippen LogP contribution in [0.4, 0.5) is 0 Å². The molecular formula is C12H26N4O. The molecule has 0 aromatic carbocycles. The van der Waals surface area contributed by atoms with Crippen LogP contribution in [0, 0.1) is 0 Å². The van der Waals surface area contributed by atoms with Crippen LogP contribution >= 0.6 is 0 Å². The minimum Gasteiger partial charge on any atom is -0.368 e. The molecule has 5 nitrogen and oxygen atoms in total. The third-order valence-electron chi connectivity index (χ3n) is 3.77. The van der Waals surface area contributed by atoms with E-state index in [1.54, 1.807) is 6.92 Å². The van der Waals surface area contributed by atoms with Crippen molar-refractivity contribution in [3.8, 4) is 0 Å². The average molecular weight is 242 g/mol. The first-order valence-corrected chi connectivity index (χ1v) is 6.42. The van der Waals surface area contributed by atoms with E-state index in [-0.39, 0.29) is 0 Å². The van der Waals surface area contributed by atoms with Crippen molar-refractivity contribution in [2.24, 2.45) is 11.5 Å². The van der Waals surface area contributed by atoms with E-state index in [4.69, 9.17) is 11.5 Å². The van der Waals surface area contributed by atoms with Crippen molar-refractivity contribution >= 4 is 5.91 Å². The Balaban J connectivity index is 2.37. The highest BCUT2D eigenvalue weighted by Crippen LogP contribution is 2.12. The summed E-state index contributed by atoms with van der Waals surface area (Å²) < 4.78 is 0. The third-order valence-corrected chi connectivity index (χ3v) is 3.77. The molecule has 1 amide bonds. The van der Waals surface area contributed by atoms with Gasteiger partial charge in [0.1, 0.15) is 0 Å². The van der Waals surface area contributed by atoms with E-state index in [0.717, 1.165) is 32.7 Å². The molecule has 1 rings (SSSR count). The number of likely N-dealkylation sites (N-methyl/N-ethyl adjacent to an activating group) is 1. The molecule has 2 atom stereocenters. The Morgan fingerprint density at radius 2 is 2.12 bits per heavy atom. The smallest absolute Gasteiger partial charge is 0.237 e. The van der Waals surface area contributed by atoms with Crippen LogP contribution in [0.2, 0.25) is 0 Å². The SMILES string of the molecule is CCN1CCN(CCC(C)(N)C(N)=O)CC1C. The second kappa shape index (κ2) is 5.80. The van der Waals surface area contributed by atoms with E-state index >= 15 is 0 Å². The normalized spacial score (nSPS) is 26.7. The lowest BCUT2D eigenvalue weighted by molar-refractivity contribution is -0.122. The molecule has 0 spiro atoms. The summed E-state index contributed by atoms with van der Waals surface area (Å²) in [7, 11) is 0. The van der Waals surface area contributed by atoms with Gasteiger partial charge in [0.25, 0.3) is 0 Å². The minimum absolute atomic E-state index is 0.419. The second-order valence-electron chi connectivity index (χ2n) is 5.31. The number of hydrogen-bond donors (Lipinski definition) is 2. The molecule has 0 saturated carbocycles. The van der Waals surface area contributed by atoms with E-state index in [0.29, 0.717) is 12.5 Å². The van der Waals surface area contributed by atoms with Gasteiger partial charge in [0.15, 0.2) is 0 Å². The molecule has 1 aliphatic heterocycles. The number of carbonyl (C=O) groups is 1. The summed E-state index contributed by atoms with van der Waals surface area (Å²) in [5, 5.41) is 0. The van der Waals surface area contributed by atoms with Crippen molar-refractivity contribution in [2.75, 3.05) is 32.7 Å². The van der Waals surface area contributed by atoms with E-state index in [1.807, 2.05) is 0 Å². The van der Waals surface area contributed by atoms with Crippen LogP contribution in [0.15, 0.2) is 0 Å². The number of amides is 1. The van der Waals surface area contributed by atoms with Gasteiger partial charge in [-0.2, -0.15) is 0 Å². The van der Waals surface area contributed by atoms with Gasteiger partial charge in [0.05, 0.1) is 5.54 Å². The zero-order valence-corrected chi connectivity index (χ0v) is 11.3. The molecule has 2 unspecified atom stereocenters. The summed E-state index contributed by atoms with van der Waals surface area (Å²) in [5.74, 6) is -0.419. The first-order chi connectivity index (χ1) is 7.86. The Kier molecular flexibility index (Phi) is 4.91. The van der Waals surface area contributed by atoms with Crippen molar-refractivity contribution in [1.29, 1.82) is 0 Å². The van der Waals surface area contributed by atoms with Gasteiger partial charge in [0, 0.05) is 32.2 Å². The molecule has 1 saturated heterocycles. The molecule has 0 aromatic heterocycles. The lowest BCUT2D eigenvalue weighted by Gasteiger charge is -2.40. The molecule has 5 heteroatoms. The quantitative estimate of drug-likeness (QED) is 0.688. The van der Waals surface area contributed by atoms with Crippen LogP contribution in [-0.2, 0) is 4.79 Å². The van der Waals surface area contributed by atoms with Crippen molar-refractivity contribution < 1.29 is 4.79 Å². The van der Waals surface area contributed by atoms with E-state index in [9.17, 15) is 4.79 Å². The van der Waals surface area contributed by atoms with Gasteiger partial charge in [-0.3, -0.25) is 9.69 Å². The molecule has 17 heavy (non-hydrogen) atoms. The summed E-state index contributed by atoms with van der Waals surface area (Å²) in [6.45, 7) is 11.3. The molecule has 100 valence electrons. The van der Waals surface area contributed by atoms with E-state index in [1.165, 1.54) is 0 Å². The summed E-state index contributed by atoms with van der Waals surface area (Å²) >= 11 is 0. The molecule has 0 radical (unpaired) electrons. The Morgan fingerprint density at radius 3 is 2.59 bits per heavy atom. The van der Waals surface area contributed by atoms with Crippen molar-refractivity contribution in [3.05, 3.63) is 0 Å². The van der Waals surface area contributed by atoms with Crippen LogP contribution < -0.4 is 11.5 Å². The predicted octanol–water partition coefficient (Wildman–Crippen LogP) is -0.395. The standard InChI is InChI=1S/C12H26N4O/c1-4-16-8-7-15(9-10(16)2)6-5-12(3,14)11(13)17/h10H,4-9,14H2,1-3H3,(H2,13,17). The summed E-state index contributed by atoms with van der Waals surface area (Å²) in [5.41, 5.74) is 10.2. The number of rotatable bonds is 5. The maximum absolute atomic E-state index is 11.1. The number of nitrogens with zero attached hydrogens (tertiary/aromatic N) is 2. The number of hydrogen-bond acceptors (Lipinski definition) is 4. The second-order valence-corrected chi connectivity index (χ2v) is 5.31. The highest BCUT2D eigenvalue weighted by atomic mass is 16.1. The zero-order valence-electron chi connectivity index (χ0n) is 11.3. The molecule has 1 aliphatic rings. The molecule has 1 heterocycles. The van der Waals surface area contributed by atoms with Crippen molar-refractivity contribution in [2.45, 2.75) is 38.8 Å². The fourth-order valence-electron chi connectivity index (χ4n) is 2.26. The van der Waals surface area contributed by atoms with Gasteiger partial charge in [-0.15, -0.1) is 0 Å². The van der Waals surface area contributed by atoms with E-state index in [2.05, 4.69) is 23.6 Å². The molecule has 0 aromatic rings. The molecule has 0 aliphatic carbocycles. The van der Waals surface area contributed by atoms with Gasteiger partial charge in [0.2, 0.25) is 5.91 Å². The van der Waals surface area contributed by atoms with Crippen LogP contribution in [0.1, 0.15) is 27.2 Å². The molecule has 1 fully saturated rings. The van der Waals surface area contributed by atoms with Crippen molar-refractivity contribution in [3.63, 3.8) is 0 Å². The van der Waals surface area contributed by atoms with Gasteiger partial charge in [-0.25, -0.2) is 0 Å². The Labute approximate surface area is 104 Å². The lowest BCUT2D eigenvalue weighted by Crippen LogP contribution is -2.55. The van der Waals surface area contributed by atoms with Crippen molar-refractivity contribution in [1.82, 2.24) is 9.80 Å². The monoisotopic (exact) mass is 242 g/mol. The Hall–Kier alpha value is -0.650. The number of primary amides is 1. The van der Waals surface area contributed by atoms with Gasteiger partial charge in [-0.05, 0) is 26.8 Å². The van der Waals surface area contributed by atoms with Crippen LogP contribution in [0.5, 0.6) is 0 Å². The average Bonchev–Trinajstić information content (AvgIpc) is 2.26. The highest BCUT2D eigenvalue weighted by Gasteiger charge is 2.28. The van der Waals surface area contributed by atoms with Crippen LogP contribution in [-0.4, -0.2) is 60.0 Å². The van der Waals surface area contributed by atoms with Gasteiger partial charge < -0.3 is 16.4 Å². The van der Waals surface area contributed by atoms with Crippen LogP contribution in [0.3, 0.4) is 0 Å². The predicted molar refractivity (Wildman–Crippen MR) is 69.6 cm³/mol. The summed E-state index contributed by atoms with van der Waals surface area (Å²) in [6, 6.07) is 0.575. The topological polar surface area (TPSA) is 75.6 Å². The Morgan fingerprint density at radius 1 is 1.47 bits per heavy atom. The summed E-state index contributed by atoms with van der Waals surface area (Å²) in [6.07, 6.45) is 0.626. The van der Waals surface area contributed by atoms with Gasteiger partial charge >= 0.3 is 0 Å². The molecule has 0 bridgehead atoms. The van der Waals surface area contributed by atoms with Gasteiger partial charge in [-0.1, -0.05) is 6.92 Å². The number of carbonyl (C=O) groups excluding carboxylic acids is 1. The molecular weight excluding hydrogens is 216 g/mol. The first kappa shape index (κ1) is 14.4. The maximum Gasteiger partial charge on any atom is 0.237 e. The minimum atomic E-state index is -0.884. The number of nitrogens with two attached hydrogens (primary N) is 2. The number of piperazine rings is 1. The zero-order chi connectivity index (χ0) is 13.1. The maximum atomic E-state index is 11.1. The highest BCUT2D eigenvalue weighted by molar-refractivity contribution is 5.83. The molecule has 4 N–H and O–H groups in total. The third kappa shape index (κ3) is 3.94. The fraction of sp³-hybridized carbons (Fsp3) is 0.917. The largest absolute Gasteiger partial charge is 0.368 e. The van der Waals surface area contributed by atoms with Crippen LogP contribution in [0.25, 0.3) is 0 Å². The Bertz CT molecular complexity index is 267. The lowest BCUT2D eigenvalue weighted by atomic mass is 9.98. The summed E-state index contributed by atoms with van der Waals surface area (Å²) in [4.78, 5) is 16.0. The van der Waals surface area contributed by atoms with E-state index < -0.39 is 11.4 Å². The fourth-order valence-corrected chi connectivity index (χ4v) is 2.26. The first-order valence-electron chi connectivity index (χ1n) is 6.42.